The van der Waals surface area contributed by atoms with Crippen molar-refractivity contribution in [2.24, 2.45) is 5.92 Å². The summed E-state index contributed by atoms with van der Waals surface area (Å²) in [6.45, 7) is 18.2. The molecule has 0 amide bonds. The molecule has 1 unspecified atom stereocenters. The van der Waals surface area contributed by atoms with E-state index in [4.69, 9.17) is 0 Å². The summed E-state index contributed by atoms with van der Waals surface area (Å²) in [6, 6.07) is 4.31. The molecule has 0 aromatic heterocycles. The van der Waals surface area contributed by atoms with E-state index in [1.165, 1.54) is 16.7 Å². The van der Waals surface area contributed by atoms with Gasteiger partial charge in [-0.25, -0.2) is 0 Å². The van der Waals surface area contributed by atoms with Gasteiger partial charge in [-0.05, 0) is 43.4 Å². The van der Waals surface area contributed by atoms with Gasteiger partial charge in [0.2, 0.25) is 0 Å². The molecule has 0 spiro atoms. The molecular weight excluding hydrogens is 336 g/mol. The van der Waals surface area contributed by atoms with Crippen LogP contribution in [0.25, 0.3) is 0 Å². The molecule has 0 N–H and O–H groups in total. The zero-order chi connectivity index (χ0) is 17.9. The molecule has 0 fully saturated rings. The fourth-order valence-corrected chi connectivity index (χ4v) is 2.99. The Hall–Kier alpha value is -0.630. The van der Waals surface area contributed by atoms with Crippen LogP contribution in [0.5, 0.6) is 0 Å². The fourth-order valence-electron chi connectivity index (χ4n) is 2.76. The Morgan fingerprint density at radius 1 is 1.00 bits per heavy atom. The summed E-state index contributed by atoms with van der Waals surface area (Å²) >= 11 is 3.59. The number of rotatable bonds is 5. The van der Waals surface area contributed by atoms with Crippen LogP contribution < -0.4 is 0 Å². The minimum atomic E-state index is 0.0468. The molecule has 1 rings (SSSR count). The minimum Gasteiger partial charge on any atom is -0.299 e. The van der Waals surface area contributed by atoms with Crippen LogP contribution in [0, 0.1) is 19.8 Å². The highest BCUT2D eigenvalue weighted by Gasteiger charge is 2.25. The summed E-state index contributed by atoms with van der Waals surface area (Å²) in [6.07, 6.45) is 2.10. The number of hydrogen-bond donors (Lipinski definition) is 0. The minimum absolute atomic E-state index is 0.0468. The normalized spacial score (nSPS) is 11.0. The van der Waals surface area contributed by atoms with E-state index in [1.54, 1.807) is 6.92 Å². The highest BCUT2D eigenvalue weighted by molar-refractivity contribution is 9.10. The molecule has 1 aromatic carbocycles. The third-order valence-corrected chi connectivity index (χ3v) is 5.03. The van der Waals surface area contributed by atoms with Crippen LogP contribution in [0.4, 0.5) is 0 Å². The van der Waals surface area contributed by atoms with E-state index in [2.05, 4.69) is 55.8 Å². The van der Waals surface area contributed by atoms with Crippen molar-refractivity contribution in [2.75, 3.05) is 0 Å². The lowest BCUT2D eigenvalue weighted by Gasteiger charge is -2.24. The molecule has 0 saturated carbocycles. The number of Topliss-reactive ketones (excluding diaryl/α,β-unsaturated/α-hetero) is 1. The molecule has 2 heteroatoms. The third kappa shape index (κ3) is 6.64. The van der Waals surface area contributed by atoms with Gasteiger partial charge in [-0.3, -0.25) is 4.79 Å². The Bertz CT molecular complexity index is 410. The van der Waals surface area contributed by atoms with E-state index in [9.17, 15) is 4.79 Å². The quantitative estimate of drug-likeness (QED) is 0.534. The third-order valence-electron chi connectivity index (χ3n) is 3.78. The maximum atomic E-state index is 12.0. The first-order chi connectivity index (χ1) is 10.4. The second-order valence-electron chi connectivity index (χ2n) is 5.13. The molecule has 1 nitrogen and oxygen atoms in total. The number of ketones is 1. The SMILES string of the molecule is CC.CC.CCC(CC)C(C(C)=O)c1cc(C)c(Br)c(C)c1. The van der Waals surface area contributed by atoms with Crippen LogP contribution in [0.1, 0.15) is 83.9 Å². The number of carbonyl (C=O) groups is 1. The zero-order valence-electron chi connectivity index (χ0n) is 16.0. The van der Waals surface area contributed by atoms with Crippen molar-refractivity contribution in [1.29, 1.82) is 0 Å². The highest BCUT2D eigenvalue weighted by atomic mass is 79.9. The second kappa shape index (κ2) is 12.9. The summed E-state index contributed by atoms with van der Waals surface area (Å²) in [5, 5.41) is 0. The average molecular weight is 371 g/mol. The smallest absolute Gasteiger partial charge is 0.137 e. The van der Waals surface area contributed by atoms with E-state index in [1.807, 2.05) is 27.7 Å². The van der Waals surface area contributed by atoms with Crippen molar-refractivity contribution in [1.82, 2.24) is 0 Å². The summed E-state index contributed by atoms with van der Waals surface area (Å²) in [7, 11) is 0. The van der Waals surface area contributed by atoms with Gasteiger partial charge in [0.05, 0.1) is 0 Å². The van der Waals surface area contributed by atoms with Gasteiger partial charge >= 0.3 is 0 Å². The number of benzene rings is 1. The summed E-state index contributed by atoms with van der Waals surface area (Å²) < 4.78 is 1.15. The van der Waals surface area contributed by atoms with Crippen LogP contribution in [0.2, 0.25) is 0 Å². The van der Waals surface area contributed by atoms with Crippen LogP contribution in [0.3, 0.4) is 0 Å². The van der Waals surface area contributed by atoms with Gasteiger partial charge in [-0.2, -0.15) is 0 Å². The van der Waals surface area contributed by atoms with Crippen molar-refractivity contribution >= 4 is 21.7 Å². The summed E-state index contributed by atoms with van der Waals surface area (Å²) in [4.78, 5) is 12.0. The Labute approximate surface area is 147 Å². The predicted molar refractivity (Wildman–Crippen MR) is 104 cm³/mol. The fraction of sp³-hybridized carbons (Fsp3) is 0.650. The molecular formula is C20H35BrO. The van der Waals surface area contributed by atoms with E-state index < -0.39 is 0 Å². The topological polar surface area (TPSA) is 17.1 Å². The van der Waals surface area contributed by atoms with Gasteiger partial charge in [-0.1, -0.05) is 82.4 Å². The number of carbonyl (C=O) groups excluding carboxylic acids is 1. The first-order valence-electron chi connectivity index (χ1n) is 8.69. The maximum Gasteiger partial charge on any atom is 0.137 e. The van der Waals surface area contributed by atoms with Gasteiger partial charge in [0.1, 0.15) is 5.78 Å². The molecule has 128 valence electrons. The van der Waals surface area contributed by atoms with E-state index >= 15 is 0 Å². The molecule has 1 aromatic rings. The maximum absolute atomic E-state index is 12.0. The molecule has 0 aliphatic rings. The highest BCUT2D eigenvalue weighted by Crippen LogP contribution is 2.34. The van der Waals surface area contributed by atoms with Crippen molar-refractivity contribution in [2.45, 2.75) is 81.1 Å². The lowest BCUT2D eigenvalue weighted by molar-refractivity contribution is -0.119. The Morgan fingerprint density at radius 3 is 1.64 bits per heavy atom. The standard InChI is InChI=1S/C16H23BrO.2C2H6/c1-6-13(7-2)15(12(5)18)14-8-10(3)16(17)11(4)9-14;2*1-2/h8-9,13,15H,6-7H2,1-5H3;2*1-2H3. The molecule has 0 bridgehead atoms. The van der Waals surface area contributed by atoms with Crippen molar-refractivity contribution in [3.8, 4) is 0 Å². The molecule has 0 aliphatic carbocycles. The number of hydrogen-bond acceptors (Lipinski definition) is 1. The average Bonchev–Trinajstić information content (AvgIpc) is 2.53. The number of aryl methyl sites for hydroxylation is 2. The Morgan fingerprint density at radius 2 is 1.36 bits per heavy atom. The lowest BCUT2D eigenvalue weighted by Crippen LogP contribution is -2.19. The van der Waals surface area contributed by atoms with Crippen LogP contribution in [-0.2, 0) is 4.79 Å². The molecule has 0 saturated heterocycles. The Balaban J connectivity index is 0. The van der Waals surface area contributed by atoms with Crippen molar-refractivity contribution < 1.29 is 4.79 Å². The van der Waals surface area contributed by atoms with E-state index in [0.29, 0.717) is 5.92 Å². The summed E-state index contributed by atoms with van der Waals surface area (Å²) in [5.74, 6) is 0.776. The molecule has 1 atom stereocenters. The van der Waals surface area contributed by atoms with Crippen molar-refractivity contribution in [3.63, 3.8) is 0 Å². The van der Waals surface area contributed by atoms with Crippen molar-refractivity contribution in [3.05, 3.63) is 33.3 Å². The second-order valence-corrected chi connectivity index (χ2v) is 5.93. The predicted octanol–water partition coefficient (Wildman–Crippen LogP) is 7.23. The molecule has 0 aliphatic heterocycles. The number of halogens is 1. The van der Waals surface area contributed by atoms with Gasteiger partial charge in [0.25, 0.3) is 0 Å². The van der Waals surface area contributed by atoms with E-state index in [0.717, 1.165) is 17.3 Å². The summed E-state index contributed by atoms with van der Waals surface area (Å²) in [5.41, 5.74) is 3.60. The lowest BCUT2D eigenvalue weighted by atomic mass is 9.79. The molecule has 22 heavy (non-hydrogen) atoms. The largest absolute Gasteiger partial charge is 0.299 e. The first kappa shape index (κ1) is 23.6. The van der Waals surface area contributed by atoms with Crippen LogP contribution in [0.15, 0.2) is 16.6 Å². The van der Waals surface area contributed by atoms with Gasteiger partial charge < -0.3 is 0 Å². The molecule has 0 heterocycles. The van der Waals surface area contributed by atoms with Gasteiger partial charge in [-0.15, -0.1) is 0 Å². The van der Waals surface area contributed by atoms with Crippen LogP contribution in [-0.4, -0.2) is 5.78 Å². The van der Waals surface area contributed by atoms with Crippen LogP contribution >= 0.6 is 15.9 Å². The first-order valence-corrected chi connectivity index (χ1v) is 9.48. The Kier molecular flexibility index (Phi) is 13.8. The molecule has 0 radical (unpaired) electrons. The monoisotopic (exact) mass is 370 g/mol. The van der Waals surface area contributed by atoms with Gasteiger partial charge in [0.15, 0.2) is 0 Å². The van der Waals surface area contributed by atoms with E-state index in [-0.39, 0.29) is 11.7 Å². The zero-order valence-corrected chi connectivity index (χ0v) is 17.6. The van der Waals surface area contributed by atoms with Gasteiger partial charge in [0, 0.05) is 10.4 Å².